The first kappa shape index (κ1) is 25.6. The molecule has 0 spiro atoms. The van der Waals surface area contributed by atoms with E-state index < -0.39 is 15.8 Å². The first-order valence-electron chi connectivity index (χ1n) is 11.4. The number of benzene rings is 2. The third kappa shape index (κ3) is 5.70. The zero-order valence-corrected chi connectivity index (χ0v) is 21.6. The van der Waals surface area contributed by atoms with Crippen molar-refractivity contribution in [2.45, 2.75) is 23.8 Å². The number of fused-ring (bicyclic) bond motifs is 1. The Morgan fingerprint density at radius 2 is 1.89 bits per heavy atom. The summed E-state index contributed by atoms with van der Waals surface area (Å²) >= 11 is 1.24. The lowest BCUT2D eigenvalue weighted by Crippen LogP contribution is -2.37. The fraction of sp³-hybridized carbons (Fsp3) is 0.417. The van der Waals surface area contributed by atoms with Gasteiger partial charge in [0.1, 0.15) is 11.3 Å². The van der Waals surface area contributed by atoms with E-state index in [1.165, 1.54) is 57.9 Å². The van der Waals surface area contributed by atoms with Gasteiger partial charge in [0.2, 0.25) is 10.0 Å². The summed E-state index contributed by atoms with van der Waals surface area (Å²) in [6.45, 7) is 1.86. The van der Waals surface area contributed by atoms with Crippen LogP contribution in [0.2, 0.25) is 0 Å². The molecule has 1 atom stereocenters. The number of para-hydroxylation sites is 1. The highest BCUT2D eigenvalue weighted by Gasteiger charge is 2.27. The first-order chi connectivity index (χ1) is 16.7. The van der Waals surface area contributed by atoms with Gasteiger partial charge < -0.3 is 9.64 Å². The van der Waals surface area contributed by atoms with Gasteiger partial charge in [0.25, 0.3) is 5.91 Å². The highest BCUT2D eigenvalue weighted by atomic mass is 32.2. The van der Waals surface area contributed by atoms with Crippen molar-refractivity contribution in [1.29, 1.82) is 0 Å². The van der Waals surface area contributed by atoms with Crippen molar-refractivity contribution in [3.05, 3.63) is 53.8 Å². The van der Waals surface area contributed by atoms with Crippen LogP contribution in [0.15, 0.2) is 47.4 Å². The molecule has 11 heteroatoms. The van der Waals surface area contributed by atoms with Crippen molar-refractivity contribution in [2.24, 2.45) is 0 Å². The predicted octanol–water partition coefficient (Wildman–Crippen LogP) is 3.44. The van der Waals surface area contributed by atoms with Gasteiger partial charge in [-0.2, -0.15) is 4.31 Å². The maximum atomic E-state index is 14.2. The zero-order chi connectivity index (χ0) is 25.2. The minimum atomic E-state index is -3.72. The number of hydrogen-bond donors (Lipinski definition) is 0. The second kappa shape index (κ2) is 10.7. The van der Waals surface area contributed by atoms with E-state index in [4.69, 9.17) is 4.74 Å². The maximum Gasteiger partial charge on any atom is 0.260 e. The summed E-state index contributed by atoms with van der Waals surface area (Å²) in [4.78, 5) is 21.4. The average Bonchev–Trinajstić information content (AvgIpc) is 3.49. The molecule has 4 rings (SSSR count). The highest BCUT2D eigenvalue weighted by molar-refractivity contribution is 7.89. The van der Waals surface area contributed by atoms with Gasteiger partial charge in [0.05, 0.1) is 15.7 Å². The molecule has 0 saturated carbocycles. The van der Waals surface area contributed by atoms with Crippen LogP contribution in [0.4, 0.5) is 9.52 Å². The summed E-state index contributed by atoms with van der Waals surface area (Å²) in [5.74, 6) is -0.769. The van der Waals surface area contributed by atoms with Gasteiger partial charge in [0.15, 0.2) is 5.13 Å². The lowest BCUT2D eigenvalue weighted by atomic mass is 10.2. The van der Waals surface area contributed by atoms with Crippen LogP contribution < -0.4 is 4.90 Å². The zero-order valence-electron chi connectivity index (χ0n) is 20.0. The van der Waals surface area contributed by atoms with Crippen molar-refractivity contribution < 1.29 is 22.3 Å². The third-order valence-electron chi connectivity index (χ3n) is 5.90. The van der Waals surface area contributed by atoms with Gasteiger partial charge in [-0.3, -0.25) is 9.69 Å². The van der Waals surface area contributed by atoms with Crippen molar-refractivity contribution in [3.8, 4) is 0 Å². The largest absolute Gasteiger partial charge is 0.377 e. The second-order valence-electron chi connectivity index (χ2n) is 8.79. The number of rotatable bonds is 9. The van der Waals surface area contributed by atoms with Crippen LogP contribution in [-0.4, -0.2) is 82.0 Å². The Bertz CT molecular complexity index is 1290. The molecule has 0 bridgehead atoms. The molecule has 3 aromatic rings. The summed E-state index contributed by atoms with van der Waals surface area (Å²) in [5, 5.41) is 0.393. The lowest BCUT2D eigenvalue weighted by molar-refractivity contribution is 0.0978. The molecule has 35 heavy (non-hydrogen) atoms. The number of ether oxygens (including phenoxy) is 1. The second-order valence-corrected chi connectivity index (χ2v) is 11.8. The van der Waals surface area contributed by atoms with E-state index in [0.717, 1.165) is 12.8 Å². The number of anilines is 1. The van der Waals surface area contributed by atoms with Crippen LogP contribution in [0.3, 0.4) is 0 Å². The number of carbonyl (C=O) groups is 1. The summed E-state index contributed by atoms with van der Waals surface area (Å²) in [5.41, 5.74) is 0.551. The highest BCUT2D eigenvalue weighted by Crippen LogP contribution is 2.31. The Balaban J connectivity index is 1.57. The van der Waals surface area contributed by atoms with Crippen molar-refractivity contribution >= 4 is 42.6 Å². The minimum absolute atomic E-state index is 0.0977. The Hall–Kier alpha value is -2.44. The number of nitrogens with zero attached hydrogens (tertiary/aromatic N) is 4. The molecule has 1 aliphatic rings. The van der Waals surface area contributed by atoms with Gasteiger partial charge >= 0.3 is 0 Å². The predicted molar refractivity (Wildman–Crippen MR) is 135 cm³/mol. The van der Waals surface area contributed by atoms with Crippen molar-refractivity contribution in [3.63, 3.8) is 0 Å². The standard InChI is InChI=1S/C24H29FN4O4S2/c1-27(2)13-14-29(24-26-22-20(25)7-4-8-21(22)34-24)23(30)17-9-11-19(12-10-17)35(31,32)28(3)16-18-6-5-15-33-18/h4,7-12,18H,5-6,13-16H2,1-3H3. The van der Waals surface area contributed by atoms with E-state index in [1.54, 1.807) is 12.1 Å². The number of halogens is 1. The number of thiazole rings is 1. The van der Waals surface area contributed by atoms with E-state index >= 15 is 0 Å². The molecule has 1 amide bonds. The maximum absolute atomic E-state index is 14.2. The summed E-state index contributed by atoms with van der Waals surface area (Å²) in [7, 11) is 1.61. The molecule has 1 fully saturated rings. The topological polar surface area (TPSA) is 83.1 Å². The Labute approximate surface area is 209 Å². The number of likely N-dealkylation sites (N-methyl/N-ethyl adjacent to an activating group) is 2. The Morgan fingerprint density at radius 1 is 1.14 bits per heavy atom. The number of hydrogen-bond acceptors (Lipinski definition) is 7. The number of sulfonamides is 1. The molecule has 1 saturated heterocycles. The molecule has 0 N–H and O–H groups in total. The van der Waals surface area contributed by atoms with Crippen molar-refractivity contribution in [2.75, 3.05) is 52.3 Å². The van der Waals surface area contributed by atoms with Crippen LogP contribution in [-0.2, 0) is 14.8 Å². The number of aromatic nitrogens is 1. The van der Waals surface area contributed by atoms with Gasteiger partial charge in [-0.1, -0.05) is 17.4 Å². The average molecular weight is 521 g/mol. The molecule has 1 aliphatic heterocycles. The molecular weight excluding hydrogens is 491 g/mol. The van der Waals surface area contributed by atoms with Crippen LogP contribution in [0.1, 0.15) is 23.2 Å². The quantitative estimate of drug-likeness (QED) is 0.430. The Kier molecular flexibility index (Phi) is 7.82. The molecule has 2 aromatic carbocycles. The first-order valence-corrected chi connectivity index (χ1v) is 13.6. The molecule has 1 unspecified atom stereocenters. The summed E-state index contributed by atoms with van der Waals surface area (Å²) in [6.07, 6.45) is 1.67. The van der Waals surface area contributed by atoms with Crippen LogP contribution >= 0.6 is 11.3 Å². The van der Waals surface area contributed by atoms with E-state index in [2.05, 4.69) is 4.98 Å². The smallest absolute Gasteiger partial charge is 0.260 e. The molecular formula is C24H29FN4O4S2. The van der Waals surface area contributed by atoms with Gasteiger partial charge in [-0.25, -0.2) is 17.8 Å². The number of carbonyl (C=O) groups excluding carboxylic acids is 1. The van der Waals surface area contributed by atoms with E-state index in [0.29, 0.717) is 35.1 Å². The van der Waals surface area contributed by atoms with E-state index in [1.807, 2.05) is 19.0 Å². The molecule has 1 aromatic heterocycles. The van der Waals surface area contributed by atoms with E-state index in [9.17, 15) is 17.6 Å². The van der Waals surface area contributed by atoms with Crippen LogP contribution in [0, 0.1) is 5.82 Å². The molecule has 188 valence electrons. The minimum Gasteiger partial charge on any atom is -0.377 e. The van der Waals surface area contributed by atoms with Crippen LogP contribution in [0.5, 0.6) is 0 Å². The van der Waals surface area contributed by atoms with E-state index in [-0.39, 0.29) is 29.0 Å². The summed E-state index contributed by atoms with van der Waals surface area (Å²) in [6, 6.07) is 10.6. The normalized spacial score (nSPS) is 16.5. The third-order valence-corrected chi connectivity index (χ3v) is 8.78. The van der Waals surface area contributed by atoms with Gasteiger partial charge in [0, 0.05) is 38.9 Å². The lowest BCUT2D eigenvalue weighted by Gasteiger charge is -2.22. The van der Waals surface area contributed by atoms with Crippen LogP contribution in [0.25, 0.3) is 10.2 Å². The molecule has 0 aliphatic carbocycles. The summed E-state index contributed by atoms with van der Waals surface area (Å²) < 4.78 is 47.7. The fourth-order valence-corrected chi connectivity index (χ4v) is 6.09. The monoisotopic (exact) mass is 520 g/mol. The van der Waals surface area contributed by atoms with Crippen molar-refractivity contribution in [1.82, 2.24) is 14.2 Å². The SMILES string of the molecule is CN(C)CCN(C(=O)c1ccc(S(=O)(=O)N(C)CC2CCCO2)cc1)c1nc2c(F)cccc2s1. The van der Waals surface area contributed by atoms with Gasteiger partial charge in [-0.15, -0.1) is 0 Å². The molecule has 2 heterocycles. The molecule has 0 radical (unpaired) electrons. The molecule has 8 nitrogen and oxygen atoms in total. The number of amides is 1. The Morgan fingerprint density at radius 3 is 2.51 bits per heavy atom. The van der Waals surface area contributed by atoms with Gasteiger partial charge in [-0.05, 0) is 63.3 Å². The fourth-order valence-electron chi connectivity index (χ4n) is 3.88.